The summed E-state index contributed by atoms with van der Waals surface area (Å²) in [5, 5.41) is 13.8. The summed E-state index contributed by atoms with van der Waals surface area (Å²) in [6, 6.07) is 60.1. The second-order valence-electron chi connectivity index (χ2n) is 30.0. The van der Waals surface area contributed by atoms with E-state index in [9.17, 15) is 0 Å². The van der Waals surface area contributed by atoms with E-state index in [1.165, 1.54) is 109 Å². The fourth-order valence-electron chi connectivity index (χ4n) is 13.1. The van der Waals surface area contributed by atoms with Gasteiger partial charge in [-0.05, 0) is 181 Å². The summed E-state index contributed by atoms with van der Waals surface area (Å²) >= 11 is 0. The summed E-state index contributed by atoms with van der Waals surface area (Å²) in [6.45, 7) is 49.0. The van der Waals surface area contributed by atoms with Gasteiger partial charge in [0, 0.05) is 0 Å². The summed E-state index contributed by atoms with van der Waals surface area (Å²) in [5.41, 5.74) is 13.7. The van der Waals surface area contributed by atoms with Crippen molar-refractivity contribution in [2.45, 2.75) is 195 Å². The van der Waals surface area contributed by atoms with E-state index < -0.39 is 15.8 Å². The Bertz CT molecular complexity index is 3190. The smallest absolute Gasteiger partial charge is 0.000884 e. The number of hydrogen-bond acceptors (Lipinski definition) is 0. The lowest BCUT2D eigenvalue weighted by atomic mass is 9.67. The lowest BCUT2D eigenvalue weighted by molar-refractivity contribution is 0.347. The quantitative estimate of drug-likeness (QED) is 0.155. The second-order valence-corrected chi connectivity index (χ2v) is 34.4. The maximum Gasteiger partial charge on any atom is -0.000884 e. The molecule has 0 nitrogen and oxygen atoms in total. The Morgan fingerprint density at radius 1 is 0.303 bits per heavy atom. The zero-order valence-corrected chi connectivity index (χ0v) is 52.0. The van der Waals surface area contributed by atoms with Gasteiger partial charge in [0.05, 0.1) is 0 Å². The Morgan fingerprint density at radius 3 is 0.803 bits per heavy atom. The topological polar surface area (TPSA) is 0 Å². The van der Waals surface area contributed by atoms with Crippen molar-refractivity contribution in [3.8, 4) is 11.1 Å². The number of benzene rings is 8. The first-order valence-electron chi connectivity index (χ1n) is 28.4. The van der Waals surface area contributed by atoms with Gasteiger partial charge in [0.1, 0.15) is 0 Å². The minimum absolute atomic E-state index is 0.0443. The molecule has 8 bridgehead atoms. The molecule has 0 unspecified atom stereocenters. The Morgan fingerprint density at radius 2 is 0.553 bits per heavy atom. The molecular formula is C74H88P2. The van der Waals surface area contributed by atoms with Gasteiger partial charge in [0.15, 0.2) is 0 Å². The van der Waals surface area contributed by atoms with Gasteiger partial charge in [0.2, 0.25) is 0 Å². The molecule has 8 aromatic rings. The van der Waals surface area contributed by atoms with Crippen LogP contribution < -0.4 is 31.8 Å². The molecule has 2 aliphatic rings. The average molecular weight is 1040 g/mol. The van der Waals surface area contributed by atoms with E-state index in [1.54, 1.807) is 0 Å². The molecule has 0 radical (unpaired) electrons. The molecule has 0 N–H and O–H groups in total. The summed E-state index contributed by atoms with van der Waals surface area (Å²) in [4.78, 5) is 0. The third-order valence-corrected chi connectivity index (χ3v) is 22.4. The highest BCUT2D eigenvalue weighted by Gasteiger charge is 2.40. The molecule has 0 saturated heterocycles. The van der Waals surface area contributed by atoms with Crippen molar-refractivity contribution in [3.63, 3.8) is 0 Å². The number of hydrogen-bond donors (Lipinski definition) is 0. The van der Waals surface area contributed by atoms with Gasteiger partial charge in [-0.15, -0.1) is 0 Å². The Labute approximate surface area is 462 Å². The third kappa shape index (κ3) is 10.0. The summed E-state index contributed by atoms with van der Waals surface area (Å²) in [6.07, 6.45) is 2.10. The second kappa shape index (κ2) is 18.4. The van der Waals surface area contributed by atoms with E-state index >= 15 is 0 Å². The highest BCUT2D eigenvalue weighted by molar-refractivity contribution is 7.81. The standard InChI is InChI=1S/C74H88P2/c1-67(2,3)49-33-53-41-57(37-49)75(58-38-50(68(4,5)6)34-54(42-58)72(15,16)45-71(53,13)14)63-31-29-47-25-21-23-27-61(47)65(63)66-62-28-24-22-26-48(62)30-32-64(66)76-59-39-51(69(7,8)9)35-55(43-59)73(17,18)46-74(19,20)56-36-52(70(10,11)12)40-60(76)44-56/h21-44H,45-46H2,1-20H3. The molecule has 2 heteroatoms. The predicted molar refractivity (Wildman–Crippen MR) is 340 cm³/mol. The lowest BCUT2D eigenvalue weighted by Crippen LogP contribution is -2.35. The van der Waals surface area contributed by atoms with Crippen molar-refractivity contribution in [2.24, 2.45) is 0 Å². The van der Waals surface area contributed by atoms with Gasteiger partial charge in [-0.2, -0.15) is 0 Å². The fraction of sp³-hybridized carbons (Fsp3) is 0.405. The van der Waals surface area contributed by atoms with Crippen molar-refractivity contribution in [1.29, 1.82) is 0 Å². The van der Waals surface area contributed by atoms with Gasteiger partial charge in [0.25, 0.3) is 0 Å². The molecule has 0 saturated carbocycles. The molecule has 0 fully saturated rings. The van der Waals surface area contributed by atoms with Crippen molar-refractivity contribution in [1.82, 2.24) is 0 Å². The molecule has 0 spiro atoms. The molecule has 394 valence electrons. The van der Waals surface area contributed by atoms with Crippen LogP contribution in [-0.2, 0) is 43.3 Å². The minimum atomic E-state index is -1.14. The monoisotopic (exact) mass is 1040 g/mol. The molecule has 0 atom stereocenters. The van der Waals surface area contributed by atoms with Crippen molar-refractivity contribution in [2.75, 3.05) is 0 Å². The van der Waals surface area contributed by atoms with Gasteiger partial charge in [-0.1, -0.05) is 284 Å². The van der Waals surface area contributed by atoms with Crippen LogP contribution in [-0.4, -0.2) is 0 Å². The maximum atomic E-state index is 2.66. The van der Waals surface area contributed by atoms with Gasteiger partial charge in [-0.3, -0.25) is 0 Å². The predicted octanol–water partition coefficient (Wildman–Crippen LogP) is 18.3. The molecule has 2 aliphatic heterocycles. The van der Waals surface area contributed by atoms with Gasteiger partial charge >= 0.3 is 0 Å². The number of rotatable bonds is 3. The highest BCUT2D eigenvalue weighted by atomic mass is 31.1. The van der Waals surface area contributed by atoms with Crippen LogP contribution in [0.25, 0.3) is 32.7 Å². The van der Waals surface area contributed by atoms with Crippen LogP contribution in [0.4, 0.5) is 0 Å². The molecule has 2 heterocycles. The summed E-state index contributed by atoms with van der Waals surface area (Å²) < 4.78 is 0. The van der Waals surface area contributed by atoms with E-state index in [1.807, 2.05) is 0 Å². The number of fused-ring (bicyclic) bond motifs is 10. The normalized spacial score (nSPS) is 17.7. The average Bonchev–Trinajstić information content (AvgIpc) is 3.33. The third-order valence-electron chi connectivity index (χ3n) is 17.6. The van der Waals surface area contributed by atoms with Crippen LogP contribution in [0.3, 0.4) is 0 Å². The van der Waals surface area contributed by atoms with Crippen LogP contribution in [0.1, 0.15) is 196 Å². The molecule has 0 amide bonds. The highest BCUT2D eigenvalue weighted by Crippen LogP contribution is 2.51. The molecule has 0 aliphatic carbocycles. The van der Waals surface area contributed by atoms with Gasteiger partial charge < -0.3 is 0 Å². The zero-order chi connectivity index (χ0) is 55.1. The molecule has 8 aromatic carbocycles. The first kappa shape index (κ1) is 54.5. The largest absolute Gasteiger partial charge is 0.0616 e. The van der Waals surface area contributed by atoms with Crippen molar-refractivity contribution < 1.29 is 0 Å². The maximum absolute atomic E-state index is 2.66. The van der Waals surface area contributed by atoms with Gasteiger partial charge in [-0.25, -0.2) is 0 Å². The Hall–Kier alpha value is -4.86. The van der Waals surface area contributed by atoms with E-state index in [2.05, 4.69) is 284 Å². The van der Waals surface area contributed by atoms with E-state index in [0.29, 0.717) is 0 Å². The minimum Gasteiger partial charge on any atom is -0.0616 e. The first-order valence-corrected chi connectivity index (χ1v) is 31.1. The Kier molecular flexibility index (Phi) is 13.2. The molecule has 0 aromatic heterocycles. The molecular weight excluding hydrogens is 951 g/mol. The molecule has 76 heavy (non-hydrogen) atoms. The van der Waals surface area contributed by atoms with Crippen LogP contribution in [0.5, 0.6) is 0 Å². The lowest BCUT2D eigenvalue weighted by Gasteiger charge is -2.40. The SMILES string of the molecule is CC(C)(C)c1cc2cc(c1)C(C)(C)CC(C)(C)c1cc(cc(C(C)(C)C)c1)P2c1ccc2ccccc2c1-c1c(P2c3cc(C(C)(C)C)cc(c3)C(C)(C)CC(C)(C)c3cc2cc(C(C)(C)C)c3)ccc2ccccc12. The summed E-state index contributed by atoms with van der Waals surface area (Å²) in [7, 11) is -2.27. The van der Waals surface area contributed by atoms with Crippen molar-refractivity contribution >= 4 is 69.2 Å². The fourth-order valence-corrected chi connectivity index (χ4v) is 18.4. The first-order chi connectivity index (χ1) is 35.1. The van der Waals surface area contributed by atoms with E-state index in [-0.39, 0.29) is 43.3 Å². The summed E-state index contributed by atoms with van der Waals surface area (Å²) in [5.74, 6) is 0. The zero-order valence-electron chi connectivity index (χ0n) is 50.2. The van der Waals surface area contributed by atoms with Crippen LogP contribution in [0.15, 0.2) is 146 Å². The van der Waals surface area contributed by atoms with Crippen LogP contribution >= 0.6 is 15.8 Å². The van der Waals surface area contributed by atoms with Crippen molar-refractivity contribution in [3.05, 3.63) is 190 Å². The van der Waals surface area contributed by atoms with E-state index in [0.717, 1.165) is 12.8 Å². The van der Waals surface area contributed by atoms with Crippen LogP contribution in [0, 0.1) is 0 Å². The van der Waals surface area contributed by atoms with E-state index in [4.69, 9.17) is 0 Å². The Balaban J connectivity index is 1.42. The molecule has 10 rings (SSSR count). The van der Waals surface area contributed by atoms with Crippen LogP contribution in [0.2, 0.25) is 0 Å².